The fraction of sp³-hybridized carbons (Fsp3) is 0.353. The second-order valence-electron chi connectivity index (χ2n) is 5.53. The number of hydrazone groups is 1. The van der Waals surface area contributed by atoms with E-state index in [1.165, 1.54) is 18.3 Å². The third-order valence-corrected chi connectivity index (χ3v) is 6.06. The number of anilines is 1. The van der Waals surface area contributed by atoms with Crippen LogP contribution >= 0.6 is 11.3 Å². The standard InChI is InChI=1S/C17H21N3O4S2/c1-2-24-14-3-6-16(7-4-14)26(21,22)19-18-13-15-5-8-17(25-15)20-9-11-23-12-10-20/h3-8,13,19H,2,9-12H2,1H3. The average Bonchev–Trinajstić information content (AvgIpc) is 3.12. The molecule has 2 aromatic rings. The van der Waals surface area contributed by atoms with E-state index in [9.17, 15) is 8.42 Å². The monoisotopic (exact) mass is 395 g/mol. The molecule has 0 atom stereocenters. The summed E-state index contributed by atoms with van der Waals surface area (Å²) in [7, 11) is -3.70. The van der Waals surface area contributed by atoms with Gasteiger partial charge >= 0.3 is 0 Å². The quantitative estimate of drug-likeness (QED) is 0.575. The Balaban J connectivity index is 1.61. The number of thiophene rings is 1. The molecule has 9 heteroatoms. The van der Waals surface area contributed by atoms with E-state index >= 15 is 0 Å². The van der Waals surface area contributed by atoms with Crippen molar-refractivity contribution in [1.82, 2.24) is 4.83 Å². The van der Waals surface area contributed by atoms with Crippen LogP contribution < -0.4 is 14.5 Å². The van der Waals surface area contributed by atoms with Gasteiger partial charge in [0.1, 0.15) is 5.75 Å². The van der Waals surface area contributed by atoms with E-state index in [1.54, 1.807) is 23.5 Å². The predicted octanol–water partition coefficient (Wildman–Crippen LogP) is 2.30. The van der Waals surface area contributed by atoms with Gasteiger partial charge in [-0.2, -0.15) is 13.5 Å². The number of sulfonamides is 1. The number of nitrogens with one attached hydrogen (secondary N) is 1. The van der Waals surface area contributed by atoms with Crippen molar-refractivity contribution in [2.75, 3.05) is 37.8 Å². The Morgan fingerprint density at radius 1 is 1.23 bits per heavy atom. The second-order valence-corrected chi connectivity index (χ2v) is 8.29. The Morgan fingerprint density at radius 3 is 2.65 bits per heavy atom. The molecular weight excluding hydrogens is 374 g/mol. The number of hydrogen-bond donors (Lipinski definition) is 1. The van der Waals surface area contributed by atoms with Crippen molar-refractivity contribution in [1.29, 1.82) is 0 Å². The van der Waals surface area contributed by atoms with E-state index < -0.39 is 10.0 Å². The van der Waals surface area contributed by atoms with Crippen molar-refractivity contribution in [2.45, 2.75) is 11.8 Å². The highest BCUT2D eigenvalue weighted by molar-refractivity contribution is 7.89. The normalized spacial score (nSPS) is 15.3. The largest absolute Gasteiger partial charge is 0.494 e. The number of rotatable bonds is 7. The Bertz CT molecular complexity index is 841. The first kappa shape index (κ1) is 18.7. The third kappa shape index (κ3) is 4.75. The smallest absolute Gasteiger partial charge is 0.276 e. The number of ether oxygens (including phenoxy) is 2. The average molecular weight is 396 g/mol. The summed E-state index contributed by atoms with van der Waals surface area (Å²) in [5.41, 5.74) is 0. The summed E-state index contributed by atoms with van der Waals surface area (Å²) in [5.74, 6) is 0.629. The molecule has 26 heavy (non-hydrogen) atoms. The Kier molecular flexibility index (Phi) is 6.12. The lowest BCUT2D eigenvalue weighted by Crippen LogP contribution is -2.35. The zero-order chi connectivity index (χ0) is 18.4. The summed E-state index contributed by atoms with van der Waals surface area (Å²) in [6, 6.07) is 10.2. The Morgan fingerprint density at radius 2 is 1.96 bits per heavy atom. The molecule has 3 rings (SSSR count). The minimum Gasteiger partial charge on any atom is -0.494 e. The van der Waals surface area contributed by atoms with Crippen molar-refractivity contribution >= 4 is 32.6 Å². The Labute approximate surface area is 157 Å². The van der Waals surface area contributed by atoms with Crippen LogP contribution in [0.3, 0.4) is 0 Å². The van der Waals surface area contributed by atoms with Gasteiger partial charge in [0.15, 0.2) is 0 Å². The number of nitrogens with zero attached hydrogens (tertiary/aromatic N) is 2. The van der Waals surface area contributed by atoms with Crippen LogP contribution in [0.2, 0.25) is 0 Å². The number of hydrogen-bond acceptors (Lipinski definition) is 7. The van der Waals surface area contributed by atoms with Gasteiger partial charge in [-0.15, -0.1) is 11.3 Å². The van der Waals surface area contributed by atoms with Gasteiger partial charge in [-0.05, 0) is 43.3 Å². The van der Waals surface area contributed by atoms with E-state index in [1.807, 2.05) is 19.1 Å². The third-order valence-electron chi connectivity index (χ3n) is 3.75. The van der Waals surface area contributed by atoms with E-state index in [-0.39, 0.29) is 4.90 Å². The lowest BCUT2D eigenvalue weighted by atomic mass is 10.3. The molecular formula is C17H21N3O4S2. The zero-order valence-corrected chi connectivity index (χ0v) is 16.1. The predicted molar refractivity (Wildman–Crippen MR) is 103 cm³/mol. The van der Waals surface area contributed by atoms with Crippen molar-refractivity contribution in [3.8, 4) is 5.75 Å². The van der Waals surface area contributed by atoms with E-state index in [0.29, 0.717) is 12.4 Å². The van der Waals surface area contributed by atoms with Crippen LogP contribution in [0.1, 0.15) is 11.8 Å². The van der Waals surface area contributed by atoms with E-state index in [4.69, 9.17) is 9.47 Å². The molecule has 0 saturated carbocycles. The number of morpholine rings is 1. The first-order chi connectivity index (χ1) is 12.6. The minimum atomic E-state index is -3.70. The van der Waals surface area contributed by atoms with Crippen molar-refractivity contribution < 1.29 is 17.9 Å². The topological polar surface area (TPSA) is 80.2 Å². The molecule has 2 heterocycles. The molecule has 0 amide bonds. The summed E-state index contributed by atoms with van der Waals surface area (Å²) in [5, 5.41) is 5.01. The van der Waals surface area contributed by atoms with Crippen LogP contribution in [0.5, 0.6) is 5.75 Å². The van der Waals surface area contributed by atoms with Crippen LogP contribution in [0, 0.1) is 0 Å². The summed E-state index contributed by atoms with van der Waals surface area (Å²) >= 11 is 1.56. The first-order valence-corrected chi connectivity index (χ1v) is 10.6. The van der Waals surface area contributed by atoms with E-state index in [2.05, 4.69) is 14.8 Å². The summed E-state index contributed by atoms with van der Waals surface area (Å²) in [4.78, 5) is 5.50. The molecule has 140 valence electrons. The van der Waals surface area contributed by atoms with Gasteiger partial charge in [0.25, 0.3) is 10.0 Å². The van der Waals surface area contributed by atoms with Gasteiger partial charge in [0.2, 0.25) is 0 Å². The Hall–Kier alpha value is -2.10. The fourth-order valence-electron chi connectivity index (χ4n) is 2.46. The summed E-state index contributed by atoms with van der Waals surface area (Å²) in [6.45, 7) is 5.58. The van der Waals surface area contributed by atoms with Gasteiger partial charge < -0.3 is 14.4 Å². The zero-order valence-electron chi connectivity index (χ0n) is 14.4. The van der Waals surface area contributed by atoms with Crippen molar-refractivity contribution in [2.24, 2.45) is 5.10 Å². The molecule has 1 aromatic carbocycles. The highest BCUT2D eigenvalue weighted by atomic mass is 32.2. The number of benzene rings is 1. The highest BCUT2D eigenvalue weighted by Crippen LogP contribution is 2.25. The molecule has 0 aliphatic carbocycles. The summed E-state index contributed by atoms with van der Waals surface area (Å²) in [6.07, 6.45) is 1.51. The maximum atomic E-state index is 12.3. The molecule has 0 unspecified atom stereocenters. The first-order valence-electron chi connectivity index (χ1n) is 8.29. The van der Waals surface area contributed by atoms with Gasteiger partial charge in [-0.3, -0.25) is 0 Å². The molecule has 1 N–H and O–H groups in total. The lowest BCUT2D eigenvalue weighted by molar-refractivity contribution is 0.123. The summed E-state index contributed by atoms with van der Waals surface area (Å²) < 4.78 is 35.2. The van der Waals surface area contributed by atoms with Gasteiger partial charge in [0.05, 0.1) is 35.9 Å². The van der Waals surface area contributed by atoms with Crippen molar-refractivity contribution in [3.05, 3.63) is 41.3 Å². The van der Waals surface area contributed by atoms with Crippen molar-refractivity contribution in [3.63, 3.8) is 0 Å². The maximum Gasteiger partial charge on any atom is 0.276 e. The second kappa shape index (κ2) is 8.52. The van der Waals surface area contributed by atoms with Gasteiger partial charge in [-0.1, -0.05) is 0 Å². The SMILES string of the molecule is CCOc1ccc(S(=O)(=O)NN=Cc2ccc(N3CCOCC3)s2)cc1. The fourth-order valence-corrected chi connectivity index (χ4v) is 4.18. The van der Waals surface area contributed by atoms with Crippen LogP contribution in [-0.2, 0) is 14.8 Å². The minimum absolute atomic E-state index is 0.137. The molecule has 0 bridgehead atoms. The lowest BCUT2D eigenvalue weighted by Gasteiger charge is -2.27. The van der Waals surface area contributed by atoms with Crippen LogP contribution in [0.4, 0.5) is 5.00 Å². The highest BCUT2D eigenvalue weighted by Gasteiger charge is 2.14. The van der Waals surface area contributed by atoms with Crippen LogP contribution in [0.25, 0.3) is 0 Å². The van der Waals surface area contributed by atoms with Gasteiger partial charge in [0, 0.05) is 18.0 Å². The molecule has 1 saturated heterocycles. The maximum absolute atomic E-state index is 12.3. The van der Waals surface area contributed by atoms with Gasteiger partial charge in [-0.25, -0.2) is 4.83 Å². The molecule has 1 fully saturated rings. The molecule has 1 aliphatic rings. The van der Waals surface area contributed by atoms with Crippen LogP contribution in [0.15, 0.2) is 46.4 Å². The molecule has 0 spiro atoms. The van der Waals surface area contributed by atoms with E-state index in [0.717, 1.165) is 36.2 Å². The van der Waals surface area contributed by atoms with Crippen LogP contribution in [-0.4, -0.2) is 47.5 Å². The molecule has 0 radical (unpaired) electrons. The molecule has 7 nitrogen and oxygen atoms in total. The molecule has 1 aromatic heterocycles. The molecule has 1 aliphatic heterocycles.